The Morgan fingerprint density at radius 1 is 1.33 bits per heavy atom. The summed E-state index contributed by atoms with van der Waals surface area (Å²) < 4.78 is 6.83. The average Bonchev–Trinajstić information content (AvgIpc) is 3.34. The molecule has 1 amide bonds. The third-order valence-electron chi connectivity index (χ3n) is 4.47. The van der Waals surface area contributed by atoms with Gasteiger partial charge in [0.15, 0.2) is 0 Å². The van der Waals surface area contributed by atoms with E-state index in [1.807, 2.05) is 26.8 Å². The summed E-state index contributed by atoms with van der Waals surface area (Å²) in [5, 5.41) is 5.98. The van der Waals surface area contributed by atoms with E-state index < -0.39 is 0 Å². The van der Waals surface area contributed by atoms with Crippen LogP contribution in [0.25, 0.3) is 16.7 Å². The van der Waals surface area contributed by atoms with Crippen molar-refractivity contribution >= 4 is 34.2 Å². The van der Waals surface area contributed by atoms with Crippen LogP contribution in [0.2, 0.25) is 0 Å². The normalized spacial score (nSPS) is 11.4. The van der Waals surface area contributed by atoms with Gasteiger partial charge in [-0.1, -0.05) is 39.5 Å². The topological polar surface area (TPSA) is 113 Å². The molecule has 3 rings (SSSR count). The number of carbonyl (C=O) groups is 1. The van der Waals surface area contributed by atoms with Crippen LogP contribution >= 0.6 is 0 Å². The van der Waals surface area contributed by atoms with Crippen LogP contribution in [-0.4, -0.2) is 40.5 Å². The lowest BCUT2D eigenvalue weighted by molar-refractivity contribution is -0.111. The summed E-state index contributed by atoms with van der Waals surface area (Å²) in [5.41, 5.74) is 2.92. The number of benzene rings is 1. The lowest BCUT2D eigenvalue weighted by Gasteiger charge is -2.15. The van der Waals surface area contributed by atoms with Crippen molar-refractivity contribution in [3.8, 4) is 5.69 Å². The summed E-state index contributed by atoms with van der Waals surface area (Å²) in [4.78, 5) is 36.1. The van der Waals surface area contributed by atoms with Crippen molar-refractivity contribution in [3.63, 3.8) is 0 Å². The summed E-state index contributed by atoms with van der Waals surface area (Å²) in [6.45, 7) is 9.45. The fourth-order valence-electron chi connectivity index (χ4n) is 3.10. The molecule has 0 aliphatic heterocycles. The number of amides is 1. The predicted molar refractivity (Wildman–Crippen MR) is 134 cm³/mol. The van der Waals surface area contributed by atoms with E-state index in [1.165, 1.54) is 17.0 Å². The Morgan fingerprint density at radius 2 is 2.09 bits per heavy atom. The second-order valence-corrected chi connectivity index (χ2v) is 6.47. The Morgan fingerprint density at radius 3 is 2.73 bits per heavy atom. The fraction of sp³-hybridized carbons (Fsp3) is 0.250. The van der Waals surface area contributed by atoms with E-state index in [-0.39, 0.29) is 11.5 Å². The molecule has 174 valence electrons. The van der Waals surface area contributed by atoms with Gasteiger partial charge >= 0.3 is 0 Å². The maximum absolute atomic E-state index is 13.1. The number of rotatable bonds is 7. The lowest BCUT2D eigenvalue weighted by atomic mass is 10.2. The van der Waals surface area contributed by atoms with E-state index in [4.69, 9.17) is 4.74 Å². The Bertz CT molecular complexity index is 1240. The van der Waals surface area contributed by atoms with Gasteiger partial charge in [-0.15, -0.1) is 0 Å². The number of hydrogen-bond acceptors (Lipinski definition) is 6. The summed E-state index contributed by atoms with van der Waals surface area (Å²) >= 11 is 0. The number of aromatic nitrogens is 3. The van der Waals surface area contributed by atoms with Crippen molar-refractivity contribution < 1.29 is 9.53 Å². The number of aliphatic imine (C=N–C) groups is 1. The highest BCUT2D eigenvalue weighted by Crippen LogP contribution is 2.23. The number of methoxy groups -OCH3 is 1. The largest absolute Gasteiger partial charge is 0.480 e. The molecule has 0 saturated carbocycles. The maximum Gasteiger partial charge on any atom is 0.281 e. The highest BCUT2D eigenvalue weighted by Gasteiger charge is 2.16. The smallest absolute Gasteiger partial charge is 0.281 e. The minimum atomic E-state index is -0.337. The number of fused-ring (bicyclic) bond motifs is 1. The Balaban J connectivity index is 0.00000187. The molecule has 0 aliphatic rings. The SMILES string of the molecule is C=CC(=O)Nc1cccc(-n2cc(N/C(=C/CC)C(=NC)OC)c3nc[nH]c3c2=O)c1.CC. The molecule has 0 aliphatic carbocycles. The zero-order chi connectivity index (χ0) is 24.4. The third-order valence-corrected chi connectivity index (χ3v) is 4.47. The van der Waals surface area contributed by atoms with Crippen molar-refractivity contribution in [2.24, 2.45) is 4.99 Å². The van der Waals surface area contributed by atoms with Crippen molar-refractivity contribution in [1.82, 2.24) is 14.5 Å². The minimum absolute atomic E-state index is 0.276. The van der Waals surface area contributed by atoms with Crippen molar-refractivity contribution in [2.45, 2.75) is 27.2 Å². The van der Waals surface area contributed by atoms with E-state index >= 15 is 0 Å². The van der Waals surface area contributed by atoms with Gasteiger partial charge in [0.25, 0.3) is 5.56 Å². The molecule has 9 nitrogen and oxygen atoms in total. The Labute approximate surface area is 192 Å². The number of hydrogen-bond donors (Lipinski definition) is 3. The zero-order valence-corrected chi connectivity index (χ0v) is 19.6. The third kappa shape index (κ3) is 5.76. The lowest BCUT2D eigenvalue weighted by Crippen LogP contribution is -2.21. The van der Waals surface area contributed by atoms with Gasteiger partial charge in [-0.25, -0.2) is 4.98 Å². The monoisotopic (exact) mass is 450 g/mol. The van der Waals surface area contributed by atoms with Crippen molar-refractivity contribution in [2.75, 3.05) is 24.8 Å². The number of carbonyl (C=O) groups excluding carboxylic acids is 1. The fourth-order valence-corrected chi connectivity index (χ4v) is 3.10. The van der Waals surface area contributed by atoms with Gasteiger partial charge in [-0.3, -0.25) is 19.1 Å². The quantitative estimate of drug-likeness (QED) is 0.283. The summed E-state index contributed by atoms with van der Waals surface area (Å²) in [5.74, 6) is 0.0913. The van der Waals surface area contributed by atoms with Gasteiger partial charge in [0.05, 0.1) is 30.5 Å². The summed E-state index contributed by atoms with van der Waals surface area (Å²) in [6, 6.07) is 6.95. The van der Waals surface area contributed by atoms with Gasteiger partial charge in [-0.05, 0) is 30.7 Å². The van der Waals surface area contributed by atoms with E-state index in [0.717, 1.165) is 6.42 Å². The number of imidazole rings is 1. The molecule has 0 fully saturated rings. The molecule has 1 aromatic carbocycles. The molecule has 3 aromatic rings. The molecule has 0 radical (unpaired) electrons. The molecule has 9 heteroatoms. The first-order valence-electron chi connectivity index (χ1n) is 10.6. The van der Waals surface area contributed by atoms with Gasteiger partial charge in [0.2, 0.25) is 11.8 Å². The van der Waals surface area contributed by atoms with E-state index in [1.54, 1.807) is 44.6 Å². The Hall–Kier alpha value is -4.14. The molecule has 2 heterocycles. The molecule has 0 atom stereocenters. The highest BCUT2D eigenvalue weighted by molar-refractivity contribution is 6.00. The van der Waals surface area contributed by atoms with Crippen LogP contribution in [0, 0.1) is 0 Å². The number of aromatic amines is 1. The van der Waals surface area contributed by atoms with Gasteiger partial charge in [0.1, 0.15) is 11.0 Å². The molecular weight excluding hydrogens is 420 g/mol. The highest BCUT2D eigenvalue weighted by atomic mass is 16.5. The minimum Gasteiger partial charge on any atom is -0.480 e. The summed E-state index contributed by atoms with van der Waals surface area (Å²) in [6.07, 6.45) is 7.00. The predicted octanol–water partition coefficient (Wildman–Crippen LogP) is 4.25. The molecule has 2 aromatic heterocycles. The van der Waals surface area contributed by atoms with Crippen molar-refractivity contribution in [1.29, 1.82) is 0 Å². The van der Waals surface area contributed by atoms with Crippen LogP contribution in [0.15, 0.2) is 71.0 Å². The molecule has 0 unspecified atom stereocenters. The van der Waals surface area contributed by atoms with Crippen molar-refractivity contribution in [3.05, 3.63) is 71.6 Å². The van der Waals surface area contributed by atoms with E-state index in [9.17, 15) is 9.59 Å². The number of H-pyrrole nitrogens is 1. The molecule has 0 saturated heterocycles. The number of anilines is 2. The van der Waals surface area contributed by atoms with Crippen LogP contribution in [0.4, 0.5) is 11.4 Å². The number of nitrogens with one attached hydrogen (secondary N) is 3. The number of pyridine rings is 1. The first-order chi connectivity index (χ1) is 16.0. The van der Waals surface area contributed by atoms with Crippen LogP contribution in [0.3, 0.4) is 0 Å². The van der Waals surface area contributed by atoms with E-state index in [2.05, 4.69) is 32.2 Å². The molecule has 33 heavy (non-hydrogen) atoms. The molecule has 0 bridgehead atoms. The van der Waals surface area contributed by atoms with Crippen LogP contribution in [-0.2, 0) is 9.53 Å². The summed E-state index contributed by atoms with van der Waals surface area (Å²) in [7, 11) is 3.18. The van der Waals surface area contributed by atoms with Gasteiger partial charge in [0, 0.05) is 18.9 Å². The average molecular weight is 451 g/mol. The van der Waals surface area contributed by atoms with Crippen LogP contribution in [0.1, 0.15) is 27.2 Å². The molecule has 0 spiro atoms. The molecular formula is C24H30N6O3. The second-order valence-electron chi connectivity index (χ2n) is 6.47. The maximum atomic E-state index is 13.1. The Kier molecular flexibility index (Phi) is 9.17. The number of ether oxygens (including phenoxy) is 1. The van der Waals surface area contributed by atoms with E-state index in [0.29, 0.717) is 39.7 Å². The standard InChI is InChI=1S/C22H24N6O3.C2H6/c1-5-8-16(21(23-3)31-4)27-17-12-28(22(30)20-19(17)24-13-25-20)15-10-7-9-14(11-15)26-18(29)6-2;1-2/h6-13,27H,2,5H2,1,3-4H3,(H,24,25)(H,26,29);1-2H3/b16-8+,23-21?;. The first-order valence-corrected chi connectivity index (χ1v) is 10.6. The van der Waals surface area contributed by atoms with Gasteiger partial charge < -0.3 is 20.4 Å². The number of allylic oxidation sites excluding steroid dienone is 1. The van der Waals surface area contributed by atoms with Crippen LogP contribution in [0.5, 0.6) is 0 Å². The first kappa shape index (κ1) is 25.1. The second kappa shape index (κ2) is 12.0. The zero-order valence-electron chi connectivity index (χ0n) is 19.6. The van der Waals surface area contributed by atoms with Gasteiger partial charge in [-0.2, -0.15) is 0 Å². The number of nitrogens with zero attached hydrogens (tertiary/aromatic N) is 3. The molecule has 3 N–H and O–H groups in total. The van der Waals surface area contributed by atoms with Crippen LogP contribution < -0.4 is 16.2 Å².